The third-order valence-electron chi connectivity index (χ3n) is 5.82. The van der Waals surface area contributed by atoms with Gasteiger partial charge >= 0.3 is 15.4 Å². The minimum absolute atomic E-state index is 0.0339. The largest absolute Gasteiger partial charge is 0.530 e. The van der Waals surface area contributed by atoms with Crippen molar-refractivity contribution in [2.24, 2.45) is 0 Å². The predicted molar refractivity (Wildman–Crippen MR) is 151 cm³/mol. The molecule has 0 spiro atoms. The number of aromatic hydroxyl groups is 1. The lowest BCUT2D eigenvalue weighted by atomic mass is 9.92. The summed E-state index contributed by atoms with van der Waals surface area (Å²) in [6, 6.07) is 20.0. The van der Waals surface area contributed by atoms with Crippen LogP contribution in [0.4, 0.5) is 0 Å². The van der Waals surface area contributed by atoms with Crippen molar-refractivity contribution in [3.8, 4) is 22.6 Å². The number of fused-ring (bicyclic) bond motifs is 2. The molecule has 10 heteroatoms. The molecule has 0 aliphatic carbocycles. The average molecular weight is 559 g/mol. The Morgan fingerprint density at radius 1 is 0.658 bits per heavy atom. The molecule has 38 heavy (non-hydrogen) atoms. The molecule has 0 aliphatic heterocycles. The Bertz CT molecular complexity index is 1510. The van der Waals surface area contributed by atoms with E-state index >= 15 is 0 Å². The summed E-state index contributed by atoms with van der Waals surface area (Å²) in [6.45, 7) is 7.25. The maximum Gasteiger partial charge on any atom is 0.530 e. The Morgan fingerprint density at radius 2 is 1.18 bits per heavy atom. The van der Waals surface area contributed by atoms with E-state index in [2.05, 4.69) is 0 Å². The Labute approximate surface area is 222 Å². The lowest BCUT2D eigenvalue weighted by Gasteiger charge is -2.24. The Morgan fingerprint density at radius 3 is 1.76 bits per heavy atom. The molecule has 0 aliphatic rings. The van der Waals surface area contributed by atoms with E-state index in [1.54, 1.807) is 39.8 Å². The lowest BCUT2D eigenvalue weighted by Crippen LogP contribution is -2.13. The van der Waals surface area contributed by atoms with Gasteiger partial charge in [0.15, 0.2) is 0 Å². The molecule has 4 aromatic carbocycles. The van der Waals surface area contributed by atoms with Gasteiger partial charge in [0.1, 0.15) is 16.8 Å². The first-order chi connectivity index (χ1) is 18.3. The van der Waals surface area contributed by atoms with Crippen molar-refractivity contribution in [1.29, 1.82) is 0 Å². The predicted octanol–water partition coefficient (Wildman–Crippen LogP) is 7.82. The zero-order valence-corrected chi connectivity index (χ0v) is 23.7. The summed E-state index contributed by atoms with van der Waals surface area (Å²) >= 11 is 0. The summed E-state index contributed by atoms with van der Waals surface area (Å²) in [5.41, 5.74) is 0.780. The molecule has 0 unspecified atom stereocenters. The van der Waals surface area contributed by atoms with Gasteiger partial charge in [0, 0.05) is 11.1 Å². The quantitative estimate of drug-likeness (QED) is 0.176. The molecule has 0 bridgehead atoms. The maximum absolute atomic E-state index is 13.9. The lowest BCUT2D eigenvalue weighted by molar-refractivity contribution is 0.168. The number of benzene rings is 4. The van der Waals surface area contributed by atoms with Gasteiger partial charge in [0.2, 0.25) is 0 Å². The first-order valence-corrected chi connectivity index (χ1v) is 15.6. The molecule has 202 valence electrons. The second-order valence-corrected chi connectivity index (χ2v) is 11.8. The van der Waals surface area contributed by atoms with Gasteiger partial charge in [-0.2, -0.15) is 0 Å². The van der Waals surface area contributed by atoms with E-state index in [1.807, 2.05) is 54.6 Å². The summed E-state index contributed by atoms with van der Waals surface area (Å²) in [7, 11) is -7.89. The van der Waals surface area contributed by atoms with Crippen molar-refractivity contribution in [3.05, 3.63) is 66.7 Å². The topological polar surface area (TPSA) is 101 Å². The van der Waals surface area contributed by atoms with Crippen molar-refractivity contribution < 1.29 is 36.9 Å². The normalized spacial score (nSPS) is 12.3. The fourth-order valence-electron chi connectivity index (χ4n) is 4.41. The number of phenols is 1. The van der Waals surface area contributed by atoms with Crippen LogP contribution in [0.5, 0.6) is 11.5 Å². The van der Waals surface area contributed by atoms with Crippen LogP contribution in [-0.2, 0) is 27.2 Å². The van der Waals surface area contributed by atoms with Gasteiger partial charge in [-0.05, 0) is 61.4 Å². The minimum atomic E-state index is -3.99. The van der Waals surface area contributed by atoms with Crippen LogP contribution in [0.15, 0.2) is 66.7 Å². The van der Waals surface area contributed by atoms with E-state index in [4.69, 9.17) is 22.6 Å². The monoisotopic (exact) mass is 558 g/mol. The van der Waals surface area contributed by atoms with Crippen LogP contribution in [0, 0.1) is 0 Å². The van der Waals surface area contributed by atoms with E-state index in [9.17, 15) is 14.2 Å². The average Bonchev–Trinajstić information content (AvgIpc) is 2.89. The zero-order chi connectivity index (χ0) is 27.3. The summed E-state index contributed by atoms with van der Waals surface area (Å²) in [4.78, 5) is 0. The number of hydrogen-bond acceptors (Lipinski definition) is 8. The third-order valence-corrected chi connectivity index (χ3v) is 9.52. The molecule has 8 nitrogen and oxygen atoms in total. The van der Waals surface area contributed by atoms with Crippen molar-refractivity contribution in [3.63, 3.8) is 0 Å². The summed E-state index contributed by atoms with van der Waals surface area (Å²) in [6.07, 6.45) is 0. The van der Waals surface area contributed by atoms with Gasteiger partial charge in [-0.25, -0.2) is 4.57 Å². The highest BCUT2D eigenvalue weighted by Crippen LogP contribution is 2.56. The van der Waals surface area contributed by atoms with E-state index < -0.39 is 15.4 Å². The number of phenolic OH excluding ortho intramolecular Hbond substituents is 1. The molecule has 0 atom stereocenters. The van der Waals surface area contributed by atoms with Crippen molar-refractivity contribution in [2.45, 2.75) is 27.7 Å². The first kappa shape index (κ1) is 28.3. The Hall–Kier alpha value is -2.70. The smallest absolute Gasteiger partial charge is 0.506 e. The van der Waals surface area contributed by atoms with Gasteiger partial charge in [-0.15, -0.1) is 0 Å². The highest BCUT2D eigenvalue weighted by molar-refractivity contribution is 7.62. The Balaban J connectivity index is 2.12. The van der Waals surface area contributed by atoms with Crippen LogP contribution >= 0.6 is 15.4 Å². The van der Waals surface area contributed by atoms with Gasteiger partial charge in [-0.3, -0.25) is 13.6 Å². The van der Waals surface area contributed by atoms with Crippen LogP contribution in [0.1, 0.15) is 27.7 Å². The SMILES string of the molecule is CCOP(=O)(OCC)Oc1ccc2ccccc2c1-c1c(O)c(P(=O)(OCC)OCC)cc2ccccc12. The van der Waals surface area contributed by atoms with E-state index in [0.717, 1.165) is 5.39 Å². The fraction of sp³-hybridized carbons (Fsp3) is 0.286. The molecule has 0 saturated carbocycles. The van der Waals surface area contributed by atoms with Gasteiger partial charge in [0.25, 0.3) is 0 Å². The van der Waals surface area contributed by atoms with Gasteiger partial charge < -0.3 is 18.7 Å². The van der Waals surface area contributed by atoms with E-state index in [1.165, 1.54) is 0 Å². The molecule has 0 aromatic heterocycles. The van der Waals surface area contributed by atoms with Crippen LogP contribution < -0.4 is 9.83 Å². The van der Waals surface area contributed by atoms with Crippen LogP contribution in [0.25, 0.3) is 32.7 Å². The summed E-state index contributed by atoms with van der Waals surface area (Å²) in [5, 5.41) is 14.8. The zero-order valence-electron chi connectivity index (χ0n) is 21.9. The van der Waals surface area contributed by atoms with Crippen molar-refractivity contribution in [1.82, 2.24) is 0 Å². The van der Waals surface area contributed by atoms with Crippen molar-refractivity contribution in [2.75, 3.05) is 26.4 Å². The summed E-state index contributed by atoms with van der Waals surface area (Å²) < 4.78 is 55.3. The van der Waals surface area contributed by atoms with Gasteiger partial charge in [-0.1, -0.05) is 54.6 Å². The van der Waals surface area contributed by atoms with Crippen molar-refractivity contribution >= 4 is 42.3 Å². The van der Waals surface area contributed by atoms with Crippen LogP contribution in [-0.4, -0.2) is 31.5 Å². The molecule has 0 heterocycles. The number of phosphoric acid groups is 1. The second-order valence-electron chi connectivity index (χ2n) is 8.21. The van der Waals surface area contributed by atoms with Crippen LogP contribution in [0.3, 0.4) is 0 Å². The number of phosphoric ester groups is 1. The number of rotatable bonds is 12. The molecular weight excluding hydrogens is 526 g/mol. The highest BCUT2D eigenvalue weighted by atomic mass is 31.2. The molecular formula is C28H32O8P2. The fourth-order valence-corrected chi connectivity index (χ4v) is 7.32. The van der Waals surface area contributed by atoms with E-state index in [-0.39, 0.29) is 43.2 Å². The molecule has 4 rings (SSSR count). The molecule has 4 aromatic rings. The standard InChI is InChI=1S/C28H32O8P2/c1-5-32-37(30,33-6-2)25-19-21-14-10-12-16-23(21)27(28(25)29)26-22-15-11-9-13-20(22)17-18-24(26)36-38(31,34-7-3)35-8-4/h9-19,29H,5-8H2,1-4H3. The van der Waals surface area contributed by atoms with Crippen LogP contribution in [0.2, 0.25) is 0 Å². The Kier molecular flexibility index (Phi) is 8.94. The number of hydrogen-bond donors (Lipinski definition) is 1. The second kappa shape index (κ2) is 12.0. The minimum Gasteiger partial charge on any atom is -0.506 e. The molecule has 0 radical (unpaired) electrons. The molecule has 0 amide bonds. The molecule has 0 fully saturated rings. The van der Waals surface area contributed by atoms with E-state index in [0.29, 0.717) is 27.3 Å². The summed E-state index contributed by atoms with van der Waals surface area (Å²) in [5.74, 6) is -0.105. The maximum atomic E-state index is 13.9. The third kappa shape index (κ3) is 5.52. The first-order valence-electron chi connectivity index (χ1n) is 12.6. The molecule has 1 N–H and O–H groups in total. The highest BCUT2D eigenvalue weighted by Gasteiger charge is 2.35. The van der Waals surface area contributed by atoms with Gasteiger partial charge in [0.05, 0.1) is 26.4 Å². The molecule has 0 saturated heterocycles.